The highest BCUT2D eigenvalue weighted by atomic mass is 32.2. The predicted molar refractivity (Wildman–Crippen MR) is 51.0 cm³/mol. The zero-order chi connectivity index (χ0) is 9.84. The third kappa shape index (κ3) is 2.89. The van der Waals surface area contributed by atoms with Crippen molar-refractivity contribution >= 4 is 23.6 Å². The van der Waals surface area contributed by atoms with Crippen LogP contribution in [-0.2, 0) is 9.59 Å². The van der Waals surface area contributed by atoms with Crippen LogP contribution in [0.5, 0.6) is 0 Å². The van der Waals surface area contributed by atoms with Crippen LogP contribution in [-0.4, -0.2) is 35.5 Å². The van der Waals surface area contributed by atoms with E-state index >= 15 is 0 Å². The molecule has 74 valence electrons. The second-order valence-electron chi connectivity index (χ2n) is 2.90. The highest BCUT2D eigenvalue weighted by Gasteiger charge is 2.24. The van der Waals surface area contributed by atoms with Crippen molar-refractivity contribution in [2.45, 2.75) is 19.0 Å². The van der Waals surface area contributed by atoms with E-state index in [2.05, 4.69) is 10.6 Å². The van der Waals surface area contributed by atoms with Crippen LogP contribution in [0.15, 0.2) is 0 Å². The lowest BCUT2D eigenvalue weighted by molar-refractivity contribution is -0.127. The van der Waals surface area contributed by atoms with Crippen molar-refractivity contribution in [2.24, 2.45) is 5.73 Å². The predicted octanol–water partition coefficient (Wildman–Crippen LogP) is -1.36. The van der Waals surface area contributed by atoms with Crippen molar-refractivity contribution in [1.29, 1.82) is 0 Å². The molecule has 2 unspecified atom stereocenters. The molecule has 0 radical (unpaired) electrons. The largest absolute Gasteiger partial charge is 0.368 e. The fourth-order valence-corrected chi connectivity index (χ4v) is 1.89. The van der Waals surface area contributed by atoms with Crippen molar-refractivity contribution in [2.75, 3.05) is 11.6 Å². The first-order valence-corrected chi connectivity index (χ1v) is 5.17. The summed E-state index contributed by atoms with van der Waals surface area (Å²) < 4.78 is 0. The van der Waals surface area contributed by atoms with Gasteiger partial charge < -0.3 is 11.1 Å². The number of hydrogen-bond donors (Lipinski definition) is 3. The van der Waals surface area contributed by atoms with E-state index in [4.69, 9.17) is 5.73 Å². The molecule has 0 aromatic rings. The van der Waals surface area contributed by atoms with Gasteiger partial charge in [-0.1, -0.05) is 0 Å². The summed E-state index contributed by atoms with van der Waals surface area (Å²) in [6.45, 7) is 1.57. The number of nitrogens with two attached hydrogens (primary N) is 1. The van der Waals surface area contributed by atoms with Crippen LogP contribution in [0.25, 0.3) is 0 Å². The molecule has 1 fully saturated rings. The van der Waals surface area contributed by atoms with E-state index in [1.54, 1.807) is 18.7 Å². The minimum atomic E-state index is -0.597. The summed E-state index contributed by atoms with van der Waals surface area (Å²) in [5.74, 6) is 0.857. The zero-order valence-corrected chi connectivity index (χ0v) is 8.19. The highest BCUT2D eigenvalue weighted by molar-refractivity contribution is 7.99. The first kappa shape index (κ1) is 10.3. The maximum Gasteiger partial charge on any atom is 0.239 e. The van der Waals surface area contributed by atoms with E-state index in [0.29, 0.717) is 0 Å². The van der Waals surface area contributed by atoms with Gasteiger partial charge in [-0.25, -0.2) is 0 Å². The first-order chi connectivity index (χ1) is 6.11. The third-order valence-corrected chi connectivity index (χ3v) is 2.76. The number of nitrogens with one attached hydrogen (secondary N) is 2. The highest BCUT2D eigenvalue weighted by Crippen LogP contribution is 2.09. The molecule has 1 rings (SSSR count). The maximum atomic E-state index is 11.4. The van der Waals surface area contributed by atoms with Crippen LogP contribution in [0, 0.1) is 0 Å². The van der Waals surface area contributed by atoms with Crippen LogP contribution in [0.3, 0.4) is 0 Å². The lowest BCUT2D eigenvalue weighted by atomic mass is 10.2. The molecule has 1 aliphatic heterocycles. The monoisotopic (exact) mass is 203 g/mol. The second kappa shape index (κ2) is 4.48. The number of amides is 2. The molecule has 0 bridgehead atoms. The van der Waals surface area contributed by atoms with Gasteiger partial charge in [-0.15, -0.1) is 11.8 Å². The number of primary amides is 1. The van der Waals surface area contributed by atoms with Gasteiger partial charge in [0, 0.05) is 11.6 Å². The Morgan fingerprint density at radius 2 is 2.38 bits per heavy atom. The van der Waals surface area contributed by atoms with E-state index in [9.17, 15) is 9.59 Å². The topological polar surface area (TPSA) is 84.2 Å². The molecule has 0 aliphatic carbocycles. The summed E-state index contributed by atoms with van der Waals surface area (Å²) in [7, 11) is 0. The molecule has 1 heterocycles. The first-order valence-electron chi connectivity index (χ1n) is 4.02. The molecule has 1 saturated heterocycles. The van der Waals surface area contributed by atoms with Crippen molar-refractivity contribution in [3.8, 4) is 0 Å². The average molecular weight is 203 g/mol. The lowest BCUT2D eigenvalue weighted by Gasteiger charge is -2.13. The summed E-state index contributed by atoms with van der Waals surface area (Å²) in [4.78, 5) is 22.0. The Balaban J connectivity index is 2.35. The number of hydrogen-bond acceptors (Lipinski definition) is 4. The minimum Gasteiger partial charge on any atom is -0.368 e. The smallest absolute Gasteiger partial charge is 0.239 e. The quantitative estimate of drug-likeness (QED) is 0.529. The Labute approximate surface area is 80.8 Å². The van der Waals surface area contributed by atoms with Crippen molar-refractivity contribution < 1.29 is 9.59 Å². The van der Waals surface area contributed by atoms with Gasteiger partial charge in [0.05, 0.1) is 6.04 Å². The van der Waals surface area contributed by atoms with E-state index in [0.717, 1.165) is 11.6 Å². The molecule has 0 spiro atoms. The van der Waals surface area contributed by atoms with Crippen LogP contribution in [0.1, 0.15) is 6.92 Å². The van der Waals surface area contributed by atoms with Gasteiger partial charge in [0.15, 0.2) is 0 Å². The van der Waals surface area contributed by atoms with Gasteiger partial charge in [-0.3, -0.25) is 14.9 Å². The Hall–Kier alpha value is -0.750. The van der Waals surface area contributed by atoms with Crippen molar-refractivity contribution in [3.05, 3.63) is 0 Å². The van der Waals surface area contributed by atoms with Gasteiger partial charge in [0.25, 0.3) is 0 Å². The minimum absolute atomic E-state index is 0.156. The molecule has 1 aliphatic rings. The Kier molecular flexibility index (Phi) is 3.56. The van der Waals surface area contributed by atoms with Crippen LogP contribution < -0.4 is 16.4 Å². The molecule has 2 amide bonds. The number of carbonyl (C=O) groups excluding carboxylic acids is 2. The second-order valence-corrected chi connectivity index (χ2v) is 3.93. The summed E-state index contributed by atoms with van der Waals surface area (Å²) in [5, 5.41) is 5.53. The van der Waals surface area contributed by atoms with Gasteiger partial charge in [0.1, 0.15) is 6.04 Å². The lowest BCUT2D eigenvalue weighted by Crippen LogP contribution is -2.49. The average Bonchev–Trinajstić information content (AvgIpc) is 2.55. The molecule has 0 aromatic carbocycles. The molecule has 5 nitrogen and oxygen atoms in total. The summed E-state index contributed by atoms with van der Waals surface area (Å²) >= 11 is 1.66. The van der Waals surface area contributed by atoms with E-state index in [-0.39, 0.29) is 11.9 Å². The van der Waals surface area contributed by atoms with Gasteiger partial charge >= 0.3 is 0 Å². The molecule has 2 atom stereocenters. The van der Waals surface area contributed by atoms with E-state index < -0.39 is 11.9 Å². The fraction of sp³-hybridized carbons (Fsp3) is 0.714. The normalized spacial score (nSPS) is 23.9. The molecular formula is C7H13N3O2S. The molecule has 4 N–H and O–H groups in total. The van der Waals surface area contributed by atoms with Gasteiger partial charge in [-0.2, -0.15) is 0 Å². The number of rotatable bonds is 3. The maximum absolute atomic E-state index is 11.4. The Morgan fingerprint density at radius 1 is 1.69 bits per heavy atom. The summed E-state index contributed by atoms with van der Waals surface area (Å²) in [6, 6.07) is -0.785. The van der Waals surface area contributed by atoms with Crippen LogP contribution in [0.4, 0.5) is 0 Å². The molecule has 6 heteroatoms. The molecule has 0 aromatic heterocycles. The zero-order valence-electron chi connectivity index (χ0n) is 7.37. The Bertz CT molecular complexity index is 216. The van der Waals surface area contributed by atoms with E-state index in [1.807, 2.05) is 0 Å². The summed E-state index contributed by atoms with van der Waals surface area (Å²) in [6.07, 6.45) is 0. The van der Waals surface area contributed by atoms with E-state index in [1.165, 1.54) is 0 Å². The van der Waals surface area contributed by atoms with Crippen LogP contribution in [0.2, 0.25) is 0 Å². The van der Waals surface area contributed by atoms with Gasteiger partial charge in [-0.05, 0) is 6.92 Å². The Morgan fingerprint density at radius 3 is 2.85 bits per heavy atom. The van der Waals surface area contributed by atoms with Gasteiger partial charge in [0.2, 0.25) is 11.8 Å². The summed E-state index contributed by atoms with van der Waals surface area (Å²) in [5.41, 5.74) is 5.00. The third-order valence-electron chi connectivity index (χ3n) is 1.82. The molecule has 13 heavy (non-hydrogen) atoms. The number of thioether (sulfide) groups is 1. The fourth-order valence-electron chi connectivity index (χ4n) is 0.949. The molecule has 0 saturated carbocycles. The standard InChI is InChI=1S/C7H13N3O2S/c1-4(6(8)11)10-7(12)5-2-13-3-9-5/h4-5,9H,2-3H2,1H3,(H2,8,11)(H,10,12). The number of carbonyl (C=O) groups is 2. The van der Waals surface area contributed by atoms with Crippen molar-refractivity contribution in [3.63, 3.8) is 0 Å². The van der Waals surface area contributed by atoms with Crippen LogP contribution >= 0.6 is 11.8 Å². The molecular weight excluding hydrogens is 190 g/mol. The SMILES string of the molecule is CC(NC(=O)C1CSCN1)C(N)=O. The van der Waals surface area contributed by atoms with Crippen molar-refractivity contribution in [1.82, 2.24) is 10.6 Å².